The SMILES string of the molecule is CC(=O)O[C@H]1C/C(C)=C/[C@H](O)/C=C(/CO)[C@H]2CC(C)(C)[C@]12O. The quantitative estimate of drug-likeness (QED) is 0.529. The lowest BCUT2D eigenvalue weighted by Gasteiger charge is -2.61. The number of aliphatic hydroxyl groups is 3. The van der Waals surface area contributed by atoms with E-state index in [0.717, 1.165) is 5.57 Å². The molecular weight excluding hydrogens is 284 g/mol. The van der Waals surface area contributed by atoms with Crippen molar-refractivity contribution in [2.75, 3.05) is 6.61 Å². The summed E-state index contributed by atoms with van der Waals surface area (Å²) < 4.78 is 5.43. The molecule has 3 N–H and O–H groups in total. The van der Waals surface area contributed by atoms with Crippen molar-refractivity contribution < 1.29 is 24.9 Å². The van der Waals surface area contributed by atoms with Gasteiger partial charge in [0.05, 0.1) is 12.7 Å². The highest BCUT2D eigenvalue weighted by atomic mass is 16.6. The van der Waals surface area contributed by atoms with Gasteiger partial charge in [0.15, 0.2) is 0 Å². The lowest BCUT2D eigenvalue weighted by Crippen LogP contribution is -2.69. The summed E-state index contributed by atoms with van der Waals surface area (Å²) in [6.45, 7) is 6.79. The van der Waals surface area contributed by atoms with Crippen molar-refractivity contribution in [3.05, 3.63) is 23.3 Å². The predicted molar refractivity (Wildman–Crippen MR) is 81.9 cm³/mol. The molecule has 1 fully saturated rings. The van der Waals surface area contributed by atoms with Gasteiger partial charge >= 0.3 is 5.97 Å². The third kappa shape index (κ3) is 2.73. The number of esters is 1. The second-order valence-electron chi connectivity index (χ2n) is 7.17. The van der Waals surface area contributed by atoms with E-state index in [9.17, 15) is 20.1 Å². The zero-order chi connectivity index (χ0) is 16.7. The van der Waals surface area contributed by atoms with Crippen LogP contribution in [0.15, 0.2) is 23.3 Å². The van der Waals surface area contributed by atoms with Gasteiger partial charge in [-0.3, -0.25) is 4.79 Å². The fourth-order valence-corrected chi connectivity index (χ4v) is 3.93. The number of carbonyl (C=O) groups is 1. The second kappa shape index (κ2) is 5.80. The highest BCUT2D eigenvalue weighted by molar-refractivity contribution is 5.66. The van der Waals surface area contributed by atoms with Crippen LogP contribution in [-0.2, 0) is 9.53 Å². The number of ether oxygens (including phenoxy) is 1. The van der Waals surface area contributed by atoms with E-state index in [1.54, 1.807) is 12.2 Å². The van der Waals surface area contributed by atoms with Crippen molar-refractivity contribution in [3.8, 4) is 0 Å². The Morgan fingerprint density at radius 1 is 1.41 bits per heavy atom. The van der Waals surface area contributed by atoms with E-state index in [1.165, 1.54) is 6.92 Å². The molecule has 0 aliphatic heterocycles. The molecule has 5 nitrogen and oxygen atoms in total. The van der Waals surface area contributed by atoms with E-state index in [-0.39, 0.29) is 12.5 Å². The molecule has 4 atom stereocenters. The molecule has 0 saturated heterocycles. The van der Waals surface area contributed by atoms with Crippen molar-refractivity contribution in [1.29, 1.82) is 0 Å². The van der Waals surface area contributed by atoms with Crippen LogP contribution in [0.4, 0.5) is 0 Å². The van der Waals surface area contributed by atoms with Gasteiger partial charge in [0, 0.05) is 19.3 Å². The molecule has 2 aliphatic rings. The van der Waals surface area contributed by atoms with Crippen LogP contribution in [0.5, 0.6) is 0 Å². The fourth-order valence-electron chi connectivity index (χ4n) is 3.93. The zero-order valence-electron chi connectivity index (χ0n) is 13.7. The van der Waals surface area contributed by atoms with Crippen molar-refractivity contribution in [2.24, 2.45) is 11.3 Å². The van der Waals surface area contributed by atoms with Crippen LogP contribution >= 0.6 is 0 Å². The van der Waals surface area contributed by atoms with Crippen molar-refractivity contribution in [1.82, 2.24) is 0 Å². The summed E-state index contributed by atoms with van der Waals surface area (Å²) in [4.78, 5) is 11.5. The Labute approximate surface area is 131 Å². The van der Waals surface area contributed by atoms with Gasteiger partial charge in [0.2, 0.25) is 0 Å². The molecular formula is C17H26O5. The van der Waals surface area contributed by atoms with Crippen LogP contribution in [0.3, 0.4) is 0 Å². The van der Waals surface area contributed by atoms with Gasteiger partial charge in [-0.15, -0.1) is 0 Å². The van der Waals surface area contributed by atoms with Gasteiger partial charge in [-0.05, 0) is 24.3 Å². The molecule has 0 amide bonds. The fraction of sp³-hybridized carbons (Fsp3) is 0.706. The Morgan fingerprint density at radius 2 is 2.05 bits per heavy atom. The summed E-state index contributed by atoms with van der Waals surface area (Å²) >= 11 is 0. The largest absolute Gasteiger partial charge is 0.459 e. The summed E-state index contributed by atoms with van der Waals surface area (Å²) in [5, 5.41) is 31.1. The van der Waals surface area contributed by atoms with E-state index in [2.05, 4.69) is 0 Å². The summed E-state index contributed by atoms with van der Waals surface area (Å²) in [7, 11) is 0. The number of fused-ring (bicyclic) bond motifs is 1. The van der Waals surface area contributed by atoms with Gasteiger partial charge in [0.1, 0.15) is 11.7 Å². The van der Waals surface area contributed by atoms with Crippen LogP contribution in [0.2, 0.25) is 0 Å². The van der Waals surface area contributed by atoms with E-state index in [0.29, 0.717) is 18.4 Å². The lowest BCUT2D eigenvalue weighted by atomic mass is 9.48. The Hall–Kier alpha value is -1.17. The van der Waals surface area contributed by atoms with Gasteiger partial charge in [-0.1, -0.05) is 31.6 Å². The van der Waals surface area contributed by atoms with Gasteiger partial charge in [0.25, 0.3) is 0 Å². The molecule has 0 aromatic carbocycles. The molecule has 0 unspecified atom stereocenters. The minimum absolute atomic E-state index is 0.236. The molecule has 0 bridgehead atoms. The number of carbonyl (C=O) groups excluding carboxylic acids is 1. The minimum Gasteiger partial charge on any atom is -0.459 e. The van der Waals surface area contributed by atoms with Crippen LogP contribution in [0.1, 0.15) is 40.5 Å². The van der Waals surface area contributed by atoms with Crippen molar-refractivity contribution in [2.45, 2.75) is 58.3 Å². The van der Waals surface area contributed by atoms with Crippen molar-refractivity contribution >= 4 is 5.97 Å². The zero-order valence-corrected chi connectivity index (χ0v) is 13.7. The number of hydrogen-bond acceptors (Lipinski definition) is 5. The van der Waals surface area contributed by atoms with E-state index in [1.807, 2.05) is 20.8 Å². The Bertz CT molecular complexity index is 519. The highest BCUT2D eigenvalue weighted by Gasteiger charge is 2.65. The lowest BCUT2D eigenvalue weighted by molar-refractivity contribution is -0.250. The monoisotopic (exact) mass is 310 g/mol. The molecule has 0 spiro atoms. The normalized spacial score (nSPS) is 42.2. The number of rotatable bonds is 2. The topological polar surface area (TPSA) is 87.0 Å². The van der Waals surface area contributed by atoms with Crippen LogP contribution in [0.25, 0.3) is 0 Å². The van der Waals surface area contributed by atoms with Crippen LogP contribution < -0.4 is 0 Å². The molecule has 0 aromatic rings. The van der Waals surface area contributed by atoms with Crippen molar-refractivity contribution in [3.63, 3.8) is 0 Å². The molecule has 2 aliphatic carbocycles. The minimum atomic E-state index is -1.26. The highest BCUT2D eigenvalue weighted by Crippen LogP contribution is 2.59. The summed E-state index contributed by atoms with van der Waals surface area (Å²) in [6, 6.07) is 0. The molecule has 0 aromatic heterocycles. The molecule has 1 saturated carbocycles. The van der Waals surface area contributed by atoms with E-state index in [4.69, 9.17) is 4.74 Å². The predicted octanol–water partition coefficient (Wildman–Crippen LogP) is 1.32. The third-order valence-corrected chi connectivity index (χ3v) is 5.11. The number of aliphatic hydroxyl groups excluding tert-OH is 2. The van der Waals surface area contributed by atoms with E-state index >= 15 is 0 Å². The third-order valence-electron chi connectivity index (χ3n) is 5.11. The first kappa shape index (κ1) is 17.2. The molecule has 124 valence electrons. The standard InChI is InChI=1S/C17H26O5/c1-10-5-13(20)7-12(9-18)14-8-16(3,4)17(14,21)15(6-10)22-11(2)19/h5,7,13-15,18,20-21H,6,8-9H2,1-4H3/b10-5+,12-7-/t13-,14+,15-,17+/m0/s1. The maximum Gasteiger partial charge on any atom is 0.303 e. The average Bonchev–Trinajstić information content (AvgIpc) is 2.42. The Balaban J connectivity index is 2.51. The summed E-state index contributed by atoms with van der Waals surface area (Å²) in [5.41, 5.74) is -0.268. The first-order valence-electron chi connectivity index (χ1n) is 7.68. The maximum absolute atomic E-state index is 11.5. The van der Waals surface area contributed by atoms with Gasteiger partial charge in [-0.2, -0.15) is 0 Å². The molecule has 0 heterocycles. The Kier molecular flexibility index (Phi) is 4.53. The number of hydrogen-bond donors (Lipinski definition) is 3. The van der Waals surface area contributed by atoms with E-state index < -0.39 is 29.2 Å². The average molecular weight is 310 g/mol. The second-order valence-corrected chi connectivity index (χ2v) is 7.17. The van der Waals surface area contributed by atoms with Crippen LogP contribution in [-0.4, -0.2) is 45.7 Å². The first-order chi connectivity index (χ1) is 10.1. The van der Waals surface area contributed by atoms with Crippen LogP contribution in [0, 0.1) is 11.3 Å². The Morgan fingerprint density at radius 3 is 2.55 bits per heavy atom. The van der Waals surface area contributed by atoms with Gasteiger partial charge < -0.3 is 20.1 Å². The summed E-state index contributed by atoms with van der Waals surface area (Å²) in [5.74, 6) is -0.771. The summed E-state index contributed by atoms with van der Waals surface area (Å²) in [6.07, 6.45) is 2.76. The molecule has 5 heteroatoms. The first-order valence-corrected chi connectivity index (χ1v) is 7.68. The molecule has 22 heavy (non-hydrogen) atoms. The molecule has 0 radical (unpaired) electrons. The van der Waals surface area contributed by atoms with Gasteiger partial charge in [-0.25, -0.2) is 0 Å². The molecule has 2 rings (SSSR count). The maximum atomic E-state index is 11.5. The smallest absolute Gasteiger partial charge is 0.303 e.